The Morgan fingerprint density at radius 2 is 1.87 bits per heavy atom. The van der Waals surface area contributed by atoms with Crippen molar-refractivity contribution < 1.29 is 4.79 Å². The normalized spacial score (nSPS) is 18.6. The van der Waals surface area contributed by atoms with Crippen molar-refractivity contribution in [2.45, 2.75) is 25.8 Å². The highest BCUT2D eigenvalue weighted by molar-refractivity contribution is 6.31. The van der Waals surface area contributed by atoms with Gasteiger partial charge in [0.1, 0.15) is 0 Å². The number of hydrogen-bond acceptors (Lipinski definition) is 6. The average Bonchev–Trinajstić information content (AvgIpc) is 2.79. The van der Waals surface area contributed by atoms with Crippen LogP contribution in [0.3, 0.4) is 0 Å². The molecule has 2 aromatic heterocycles. The Balaban J connectivity index is 1.61. The Morgan fingerprint density at radius 1 is 1.13 bits per heavy atom. The monoisotopic (exact) mass is 456 g/mol. The quantitative estimate of drug-likeness (QED) is 0.603. The molecule has 7 nitrogen and oxygen atoms in total. The molecule has 1 N–H and O–H groups in total. The van der Waals surface area contributed by atoms with E-state index in [4.69, 9.17) is 23.2 Å². The van der Waals surface area contributed by atoms with E-state index in [1.54, 1.807) is 49.1 Å². The average molecular weight is 457 g/mol. The molecule has 1 amide bonds. The van der Waals surface area contributed by atoms with Crippen LogP contribution in [0.25, 0.3) is 11.4 Å². The van der Waals surface area contributed by atoms with E-state index in [9.17, 15) is 4.79 Å². The molecule has 1 aromatic carbocycles. The van der Waals surface area contributed by atoms with E-state index in [1.165, 1.54) is 0 Å². The number of piperidine rings is 1. The number of carbonyl (C=O) groups is 1. The minimum absolute atomic E-state index is 0.0132. The summed E-state index contributed by atoms with van der Waals surface area (Å²) >= 11 is 12.1. The number of anilines is 1. The molecule has 31 heavy (non-hydrogen) atoms. The van der Waals surface area contributed by atoms with Gasteiger partial charge >= 0.3 is 0 Å². The van der Waals surface area contributed by atoms with Crippen LogP contribution >= 0.6 is 23.2 Å². The molecule has 0 radical (unpaired) electrons. The first kappa shape index (κ1) is 21.5. The van der Waals surface area contributed by atoms with Crippen LogP contribution in [0.15, 0.2) is 49.1 Å². The zero-order valence-electron chi connectivity index (χ0n) is 17.0. The molecule has 1 fully saturated rings. The third kappa shape index (κ3) is 4.94. The molecule has 2 atom stereocenters. The van der Waals surface area contributed by atoms with Crippen molar-refractivity contribution in [1.82, 2.24) is 24.8 Å². The van der Waals surface area contributed by atoms with Gasteiger partial charge in [0.25, 0.3) is 5.91 Å². The van der Waals surface area contributed by atoms with E-state index >= 15 is 0 Å². The predicted molar refractivity (Wildman–Crippen MR) is 121 cm³/mol. The minimum atomic E-state index is -0.0607. The van der Waals surface area contributed by atoms with Crippen molar-refractivity contribution in [2.24, 2.45) is 5.92 Å². The van der Waals surface area contributed by atoms with E-state index in [1.807, 2.05) is 4.90 Å². The maximum absolute atomic E-state index is 13.7. The Bertz CT molecular complexity index is 1050. The third-order valence-corrected chi connectivity index (χ3v) is 5.92. The summed E-state index contributed by atoms with van der Waals surface area (Å²) < 4.78 is 0. The topological polar surface area (TPSA) is 83.9 Å². The summed E-state index contributed by atoms with van der Waals surface area (Å²) in [7, 11) is 0. The smallest absolute Gasteiger partial charge is 0.254 e. The summed E-state index contributed by atoms with van der Waals surface area (Å²) in [6.45, 7) is 3.38. The van der Waals surface area contributed by atoms with E-state index in [-0.39, 0.29) is 11.9 Å². The predicted octanol–water partition coefficient (Wildman–Crippen LogP) is 4.59. The van der Waals surface area contributed by atoms with Crippen LogP contribution in [0, 0.1) is 5.92 Å². The number of likely N-dealkylation sites (tertiary alicyclic amines) is 1. The molecule has 0 spiro atoms. The van der Waals surface area contributed by atoms with E-state index in [2.05, 4.69) is 32.2 Å². The van der Waals surface area contributed by atoms with Crippen molar-refractivity contribution >= 4 is 35.1 Å². The van der Waals surface area contributed by atoms with Gasteiger partial charge in [0.15, 0.2) is 5.82 Å². The second kappa shape index (κ2) is 9.58. The van der Waals surface area contributed by atoms with Crippen LogP contribution < -0.4 is 5.32 Å². The molecule has 1 aliphatic heterocycles. The van der Waals surface area contributed by atoms with Gasteiger partial charge in [-0.25, -0.2) is 19.9 Å². The number of benzene rings is 1. The summed E-state index contributed by atoms with van der Waals surface area (Å²) in [6.07, 6.45) is 8.39. The number of amides is 1. The van der Waals surface area contributed by atoms with E-state index < -0.39 is 0 Å². The molecule has 160 valence electrons. The summed E-state index contributed by atoms with van der Waals surface area (Å²) in [5.41, 5.74) is 1.17. The molecule has 1 unspecified atom stereocenters. The van der Waals surface area contributed by atoms with Crippen molar-refractivity contribution in [3.8, 4) is 11.4 Å². The van der Waals surface area contributed by atoms with E-state index in [0.29, 0.717) is 52.0 Å². The van der Waals surface area contributed by atoms with E-state index in [0.717, 1.165) is 12.8 Å². The number of nitrogens with one attached hydrogen (secondary N) is 1. The lowest BCUT2D eigenvalue weighted by Gasteiger charge is -2.40. The van der Waals surface area contributed by atoms with Crippen molar-refractivity contribution in [3.63, 3.8) is 0 Å². The van der Waals surface area contributed by atoms with Crippen LogP contribution in [-0.4, -0.2) is 49.9 Å². The number of carbonyl (C=O) groups excluding carboxylic acids is 1. The molecule has 3 heterocycles. The molecule has 1 saturated heterocycles. The lowest BCUT2D eigenvalue weighted by Crippen LogP contribution is -2.51. The van der Waals surface area contributed by atoms with Crippen molar-refractivity contribution in [1.29, 1.82) is 0 Å². The van der Waals surface area contributed by atoms with Gasteiger partial charge in [-0.3, -0.25) is 4.79 Å². The van der Waals surface area contributed by atoms with Gasteiger partial charge in [0.05, 0.1) is 29.0 Å². The fraction of sp³-hybridized carbons (Fsp3) is 0.318. The number of nitrogens with zero attached hydrogens (tertiary/aromatic N) is 5. The molecule has 9 heteroatoms. The molecular weight excluding hydrogens is 435 g/mol. The van der Waals surface area contributed by atoms with Gasteiger partial charge in [-0.1, -0.05) is 30.1 Å². The van der Waals surface area contributed by atoms with Gasteiger partial charge in [0, 0.05) is 36.1 Å². The molecule has 3 aromatic rings. The molecule has 1 aliphatic rings. The highest BCUT2D eigenvalue weighted by Gasteiger charge is 2.33. The first-order chi connectivity index (χ1) is 15.0. The summed E-state index contributed by atoms with van der Waals surface area (Å²) in [5.74, 6) is 1.22. The van der Waals surface area contributed by atoms with Gasteiger partial charge in [-0.05, 0) is 43.0 Å². The summed E-state index contributed by atoms with van der Waals surface area (Å²) in [4.78, 5) is 32.6. The van der Waals surface area contributed by atoms with Gasteiger partial charge in [0.2, 0.25) is 5.95 Å². The van der Waals surface area contributed by atoms with Crippen molar-refractivity contribution in [3.05, 3.63) is 64.7 Å². The van der Waals surface area contributed by atoms with Crippen molar-refractivity contribution in [2.75, 3.05) is 18.4 Å². The zero-order chi connectivity index (χ0) is 21.8. The van der Waals surface area contributed by atoms with Crippen LogP contribution in [0.1, 0.15) is 30.1 Å². The maximum Gasteiger partial charge on any atom is 0.254 e. The Hall–Kier alpha value is -2.77. The Morgan fingerprint density at radius 3 is 2.61 bits per heavy atom. The largest absolute Gasteiger partial charge is 0.352 e. The first-order valence-electron chi connectivity index (χ1n) is 10.1. The fourth-order valence-corrected chi connectivity index (χ4v) is 4.16. The molecule has 4 rings (SSSR count). The van der Waals surface area contributed by atoms with Crippen LogP contribution in [-0.2, 0) is 0 Å². The lowest BCUT2D eigenvalue weighted by molar-refractivity contribution is 0.0540. The highest BCUT2D eigenvalue weighted by Crippen LogP contribution is 2.30. The summed E-state index contributed by atoms with van der Waals surface area (Å²) in [6, 6.07) is 6.95. The Kier molecular flexibility index (Phi) is 6.63. The number of aromatic nitrogens is 4. The summed E-state index contributed by atoms with van der Waals surface area (Å²) in [5, 5.41) is 4.25. The number of hydrogen-bond donors (Lipinski definition) is 1. The maximum atomic E-state index is 13.7. The van der Waals surface area contributed by atoms with Gasteiger partial charge in [-0.15, -0.1) is 0 Å². The van der Waals surface area contributed by atoms with Gasteiger partial charge in [-0.2, -0.15) is 0 Å². The van der Waals surface area contributed by atoms with Crippen LogP contribution in [0.4, 0.5) is 5.95 Å². The van der Waals surface area contributed by atoms with Gasteiger partial charge < -0.3 is 10.2 Å². The highest BCUT2D eigenvalue weighted by atomic mass is 35.5. The molecule has 0 saturated carbocycles. The minimum Gasteiger partial charge on any atom is -0.352 e. The first-order valence-corrected chi connectivity index (χ1v) is 10.9. The molecule has 0 aliphatic carbocycles. The fourth-order valence-electron chi connectivity index (χ4n) is 3.89. The SMILES string of the molecule is C[C@@H]1CCCN(C(=O)c2ccc(Cl)cc2-c2ncccn2)C1CNc1ncc(Cl)cn1. The van der Waals surface area contributed by atoms with Crippen LogP contribution in [0.2, 0.25) is 10.0 Å². The standard InChI is InChI=1S/C22H22Cl2N6O/c1-14-4-2-9-30(19(14)13-29-22-27-11-16(24)12-28-22)21(31)17-6-5-15(23)10-18(17)20-25-7-3-8-26-20/h3,5-8,10-12,14,19H,2,4,9,13H2,1H3,(H,27,28,29)/t14-,19?/m1/s1. The third-order valence-electron chi connectivity index (χ3n) is 5.48. The lowest BCUT2D eigenvalue weighted by atomic mass is 9.89. The Labute approximate surface area is 190 Å². The molecular formula is C22H22Cl2N6O. The zero-order valence-corrected chi connectivity index (χ0v) is 18.5. The number of halogens is 2. The number of rotatable bonds is 5. The molecule has 0 bridgehead atoms. The second-order valence-corrected chi connectivity index (χ2v) is 8.43. The second-order valence-electron chi connectivity index (χ2n) is 7.55. The van der Waals surface area contributed by atoms with Crippen LogP contribution in [0.5, 0.6) is 0 Å².